The van der Waals surface area contributed by atoms with Crippen molar-refractivity contribution in [3.05, 3.63) is 78.4 Å². The lowest BCUT2D eigenvalue weighted by Crippen LogP contribution is -2.70. The second-order valence-electron chi connectivity index (χ2n) is 7.78. The summed E-state index contributed by atoms with van der Waals surface area (Å²) in [6.45, 7) is 7.07. The number of hydrogen-bond acceptors (Lipinski definition) is 1. The molecule has 0 amide bonds. The van der Waals surface area contributed by atoms with Gasteiger partial charge in [-0.15, -0.1) is 0 Å². The molecule has 3 aromatic carbocycles. The Bertz CT molecular complexity index is 993. The van der Waals surface area contributed by atoms with E-state index in [4.69, 9.17) is 0 Å². The molecule has 25 heavy (non-hydrogen) atoms. The smallest absolute Gasteiger partial charge is 0.155 e. The van der Waals surface area contributed by atoms with E-state index in [-0.39, 0.29) is 5.04 Å². The zero-order chi connectivity index (χ0) is 17.7. The van der Waals surface area contributed by atoms with Gasteiger partial charge in [-0.05, 0) is 43.9 Å². The molecule has 0 spiro atoms. The maximum absolute atomic E-state index is 9.49. The molecule has 0 aromatic heterocycles. The minimum atomic E-state index is -2.25. The molecular formula is C23H21NSi. The first kappa shape index (κ1) is 15.9. The highest BCUT2D eigenvalue weighted by Crippen LogP contribution is 2.42. The van der Waals surface area contributed by atoms with E-state index in [1.54, 1.807) is 0 Å². The van der Waals surface area contributed by atoms with Gasteiger partial charge in [0.25, 0.3) is 0 Å². The minimum absolute atomic E-state index is 0.0871. The first-order valence-electron chi connectivity index (χ1n) is 8.70. The van der Waals surface area contributed by atoms with Crippen molar-refractivity contribution in [2.45, 2.75) is 25.8 Å². The molecule has 0 saturated heterocycles. The van der Waals surface area contributed by atoms with E-state index < -0.39 is 8.07 Å². The summed E-state index contributed by atoms with van der Waals surface area (Å²) in [6, 6.07) is 28.4. The fourth-order valence-corrected chi connectivity index (χ4v) is 10.6. The van der Waals surface area contributed by atoms with Crippen molar-refractivity contribution in [3.8, 4) is 17.2 Å². The van der Waals surface area contributed by atoms with Crippen molar-refractivity contribution in [2.75, 3.05) is 0 Å². The van der Waals surface area contributed by atoms with E-state index in [1.807, 2.05) is 6.07 Å². The highest BCUT2D eigenvalue weighted by molar-refractivity contribution is 7.15. The topological polar surface area (TPSA) is 23.8 Å². The van der Waals surface area contributed by atoms with Crippen LogP contribution in [0, 0.1) is 11.3 Å². The molecule has 0 saturated carbocycles. The predicted octanol–water partition coefficient (Wildman–Crippen LogP) is 3.81. The number of hydrogen-bond donors (Lipinski definition) is 0. The Morgan fingerprint density at radius 2 is 1.40 bits per heavy atom. The molecule has 4 rings (SSSR count). The monoisotopic (exact) mass is 339 g/mol. The van der Waals surface area contributed by atoms with Gasteiger partial charge in [0.05, 0.1) is 11.6 Å². The van der Waals surface area contributed by atoms with Crippen LogP contribution in [0.25, 0.3) is 11.1 Å². The molecule has 0 radical (unpaired) electrons. The lowest BCUT2D eigenvalue weighted by Gasteiger charge is -2.42. The molecule has 3 aromatic rings. The molecule has 0 fully saturated rings. The summed E-state index contributed by atoms with van der Waals surface area (Å²) in [6.07, 6.45) is 0. The molecule has 1 aliphatic rings. The number of benzene rings is 3. The van der Waals surface area contributed by atoms with Gasteiger partial charge in [0, 0.05) is 0 Å². The maximum atomic E-state index is 9.49. The van der Waals surface area contributed by atoms with Crippen LogP contribution < -0.4 is 15.6 Å². The van der Waals surface area contributed by atoms with Crippen LogP contribution in [-0.4, -0.2) is 8.07 Å². The van der Waals surface area contributed by atoms with E-state index in [0.29, 0.717) is 0 Å². The summed E-state index contributed by atoms with van der Waals surface area (Å²) >= 11 is 0. The van der Waals surface area contributed by atoms with Gasteiger partial charge < -0.3 is 0 Å². The average Bonchev–Trinajstić information content (AvgIpc) is 2.93. The van der Waals surface area contributed by atoms with Crippen LogP contribution in [0.5, 0.6) is 0 Å². The van der Waals surface area contributed by atoms with Gasteiger partial charge in [-0.3, -0.25) is 0 Å². The van der Waals surface area contributed by atoms with Crippen molar-refractivity contribution >= 4 is 23.6 Å². The third-order valence-corrected chi connectivity index (χ3v) is 11.4. The lowest BCUT2D eigenvalue weighted by atomic mass is 10.0. The zero-order valence-electron chi connectivity index (χ0n) is 14.9. The quantitative estimate of drug-likeness (QED) is 0.619. The van der Waals surface area contributed by atoms with Gasteiger partial charge in [0.15, 0.2) is 8.07 Å². The van der Waals surface area contributed by atoms with E-state index in [0.717, 1.165) is 5.56 Å². The molecule has 1 heterocycles. The standard InChI is InChI=1S/C23H21NSi/c1-23(2,3)25(18-9-5-4-6-10-18)21-12-8-7-11-19(21)20-14-13-17(16-24)15-22(20)25/h4-15H,1-3H3. The average molecular weight is 340 g/mol. The molecule has 1 aliphatic heterocycles. The maximum Gasteiger partial charge on any atom is 0.155 e. The summed E-state index contributed by atoms with van der Waals surface area (Å²) in [4.78, 5) is 0. The molecule has 0 aliphatic carbocycles. The van der Waals surface area contributed by atoms with Crippen LogP contribution in [0.2, 0.25) is 5.04 Å². The number of rotatable bonds is 1. The van der Waals surface area contributed by atoms with Gasteiger partial charge in [0.1, 0.15) is 0 Å². The molecule has 1 unspecified atom stereocenters. The molecular weight excluding hydrogens is 318 g/mol. The fourth-order valence-electron chi connectivity index (χ4n) is 4.59. The summed E-state index contributed by atoms with van der Waals surface area (Å²) in [5, 5.41) is 13.9. The highest BCUT2D eigenvalue weighted by Gasteiger charge is 2.54. The van der Waals surface area contributed by atoms with Crippen molar-refractivity contribution in [1.82, 2.24) is 0 Å². The van der Waals surface area contributed by atoms with Gasteiger partial charge in [-0.25, -0.2) is 0 Å². The lowest BCUT2D eigenvalue weighted by molar-refractivity contribution is 0.740. The normalized spacial score (nSPS) is 18.3. The Labute approximate surface area is 150 Å². The van der Waals surface area contributed by atoms with Crippen molar-refractivity contribution in [3.63, 3.8) is 0 Å². The van der Waals surface area contributed by atoms with Crippen molar-refractivity contribution < 1.29 is 0 Å². The number of nitrogens with zero attached hydrogens (tertiary/aromatic N) is 1. The Morgan fingerprint density at radius 1 is 0.760 bits per heavy atom. The second-order valence-corrected chi connectivity index (χ2v) is 12.4. The predicted molar refractivity (Wildman–Crippen MR) is 107 cm³/mol. The van der Waals surface area contributed by atoms with Gasteiger partial charge in [0.2, 0.25) is 0 Å². The van der Waals surface area contributed by atoms with Gasteiger partial charge >= 0.3 is 0 Å². The summed E-state index contributed by atoms with van der Waals surface area (Å²) in [5.74, 6) is 0. The van der Waals surface area contributed by atoms with E-state index in [2.05, 4.69) is 93.6 Å². The van der Waals surface area contributed by atoms with E-state index >= 15 is 0 Å². The minimum Gasteiger partial charge on any atom is -0.192 e. The van der Waals surface area contributed by atoms with Crippen LogP contribution in [0.1, 0.15) is 26.3 Å². The molecule has 1 nitrogen and oxygen atoms in total. The van der Waals surface area contributed by atoms with Crippen LogP contribution in [0.15, 0.2) is 72.8 Å². The third kappa shape index (κ3) is 2.06. The first-order chi connectivity index (χ1) is 12.0. The highest BCUT2D eigenvalue weighted by atomic mass is 28.3. The molecule has 1 atom stereocenters. The number of nitriles is 1. The van der Waals surface area contributed by atoms with E-state index in [1.165, 1.54) is 26.7 Å². The summed E-state index contributed by atoms with van der Waals surface area (Å²) in [7, 11) is -2.25. The van der Waals surface area contributed by atoms with Crippen LogP contribution in [0.4, 0.5) is 0 Å². The second kappa shape index (κ2) is 5.44. The largest absolute Gasteiger partial charge is 0.192 e. The van der Waals surface area contributed by atoms with Gasteiger partial charge in [-0.2, -0.15) is 5.26 Å². The first-order valence-corrected chi connectivity index (χ1v) is 10.7. The van der Waals surface area contributed by atoms with E-state index in [9.17, 15) is 5.26 Å². The van der Waals surface area contributed by atoms with Crippen LogP contribution >= 0.6 is 0 Å². The van der Waals surface area contributed by atoms with Gasteiger partial charge in [-0.1, -0.05) is 81.4 Å². The Hall–Kier alpha value is -2.63. The third-order valence-electron chi connectivity index (χ3n) is 5.51. The Kier molecular flexibility index (Phi) is 3.45. The Balaban J connectivity index is 2.20. The molecule has 122 valence electrons. The van der Waals surface area contributed by atoms with Crippen LogP contribution in [0.3, 0.4) is 0 Å². The number of fused-ring (bicyclic) bond motifs is 3. The fraction of sp³-hybridized carbons (Fsp3) is 0.174. The summed E-state index contributed by atoms with van der Waals surface area (Å²) in [5.41, 5.74) is 3.40. The molecule has 2 heteroatoms. The van der Waals surface area contributed by atoms with Crippen molar-refractivity contribution in [2.24, 2.45) is 0 Å². The van der Waals surface area contributed by atoms with Crippen molar-refractivity contribution in [1.29, 1.82) is 5.26 Å². The molecule has 0 N–H and O–H groups in total. The Morgan fingerprint density at radius 3 is 2.08 bits per heavy atom. The molecule has 0 bridgehead atoms. The SMILES string of the molecule is CC(C)(C)[Si]1(c2ccccc2)c2ccccc2-c2ccc(C#N)cc21. The van der Waals surface area contributed by atoms with Crippen LogP contribution in [-0.2, 0) is 0 Å². The summed E-state index contributed by atoms with van der Waals surface area (Å²) < 4.78 is 0. The zero-order valence-corrected chi connectivity index (χ0v) is 15.9.